The largest absolute Gasteiger partial charge is 0.493 e. The quantitative estimate of drug-likeness (QED) is 0.708. The zero-order valence-electron chi connectivity index (χ0n) is 10.1. The van der Waals surface area contributed by atoms with Crippen molar-refractivity contribution >= 4 is 5.69 Å². The van der Waals surface area contributed by atoms with Crippen molar-refractivity contribution < 1.29 is 4.74 Å². The molecule has 1 unspecified atom stereocenters. The molecule has 1 aromatic carbocycles. The third kappa shape index (κ3) is 5.23. The fourth-order valence-corrected chi connectivity index (χ4v) is 1.36. The third-order valence-corrected chi connectivity index (χ3v) is 2.30. The van der Waals surface area contributed by atoms with E-state index in [1.54, 1.807) is 0 Å². The van der Waals surface area contributed by atoms with Gasteiger partial charge in [-0.3, -0.25) is 0 Å². The number of rotatable bonds is 7. The molecule has 0 fully saturated rings. The van der Waals surface area contributed by atoms with Crippen molar-refractivity contribution in [3.05, 3.63) is 24.3 Å². The van der Waals surface area contributed by atoms with Crippen molar-refractivity contribution in [3.63, 3.8) is 0 Å². The van der Waals surface area contributed by atoms with Crippen molar-refractivity contribution in [1.82, 2.24) is 0 Å². The van der Waals surface area contributed by atoms with Gasteiger partial charge in [0.15, 0.2) is 0 Å². The molecule has 0 aliphatic rings. The molecule has 4 nitrogen and oxygen atoms in total. The highest BCUT2D eigenvalue weighted by atomic mass is 16.5. The van der Waals surface area contributed by atoms with Crippen LogP contribution in [0.2, 0.25) is 0 Å². The molecule has 0 aliphatic carbocycles. The lowest BCUT2D eigenvalue weighted by Crippen LogP contribution is -2.25. The van der Waals surface area contributed by atoms with Gasteiger partial charge in [0.25, 0.3) is 0 Å². The Morgan fingerprint density at radius 3 is 3.06 bits per heavy atom. The van der Waals surface area contributed by atoms with Crippen LogP contribution in [-0.2, 0) is 0 Å². The Morgan fingerprint density at radius 1 is 1.53 bits per heavy atom. The number of nitrogens with one attached hydrogen (secondary N) is 1. The lowest BCUT2D eigenvalue weighted by molar-refractivity contribution is 0.313. The maximum absolute atomic E-state index is 8.41. The maximum Gasteiger partial charge on any atom is 0.121 e. The summed E-state index contributed by atoms with van der Waals surface area (Å²) in [6.07, 6.45) is 1.29. The second-order valence-electron chi connectivity index (χ2n) is 3.92. The molecule has 0 bridgehead atoms. The molecule has 0 aliphatic heterocycles. The molecule has 0 spiro atoms. The molecule has 17 heavy (non-hydrogen) atoms. The van der Waals surface area contributed by atoms with Crippen molar-refractivity contribution in [1.29, 1.82) is 5.26 Å². The molecule has 0 amide bonds. The highest BCUT2D eigenvalue weighted by molar-refractivity contribution is 5.48. The van der Waals surface area contributed by atoms with Gasteiger partial charge in [-0.2, -0.15) is 5.26 Å². The number of anilines is 1. The zero-order valence-corrected chi connectivity index (χ0v) is 10.1. The van der Waals surface area contributed by atoms with Crippen LogP contribution in [0.25, 0.3) is 0 Å². The first-order chi connectivity index (χ1) is 8.26. The van der Waals surface area contributed by atoms with Gasteiger partial charge in [0.2, 0.25) is 0 Å². The molecule has 0 radical (unpaired) electrons. The van der Waals surface area contributed by atoms with Gasteiger partial charge in [-0.05, 0) is 25.5 Å². The number of benzene rings is 1. The summed E-state index contributed by atoms with van der Waals surface area (Å²) in [4.78, 5) is 0. The number of nitrogens with zero attached hydrogens (tertiary/aromatic N) is 1. The van der Waals surface area contributed by atoms with Crippen LogP contribution in [0.5, 0.6) is 5.75 Å². The van der Waals surface area contributed by atoms with E-state index < -0.39 is 0 Å². The Hall–Kier alpha value is -1.73. The average molecular weight is 233 g/mol. The predicted octanol–water partition coefficient (Wildman–Crippen LogP) is 2.13. The molecular formula is C13H19N3O. The average Bonchev–Trinajstić information content (AvgIpc) is 2.35. The molecule has 3 N–H and O–H groups in total. The Morgan fingerprint density at radius 2 is 2.35 bits per heavy atom. The van der Waals surface area contributed by atoms with Gasteiger partial charge < -0.3 is 15.8 Å². The minimum Gasteiger partial charge on any atom is -0.493 e. The lowest BCUT2D eigenvalue weighted by Gasteiger charge is -2.14. The highest BCUT2D eigenvalue weighted by Crippen LogP contribution is 2.18. The second-order valence-corrected chi connectivity index (χ2v) is 3.92. The highest BCUT2D eigenvalue weighted by Gasteiger charge is 2.00. The fraction of sp³-hybridized carbons (Fsp3) is 0.462. The Bertz CT molecular complexity index is 373. The Balaban J connectivity index is 2.45. The normalized spacial score (nSPS) is 11.6. The summed E-state index contributed by atoms with van der Waals surface area (Å²) < 4.78 is 5.54. The summed E-state index contributed by atoms with van der Waals surface area (Å²) in [6, 6.07) is 10.1. The number of nitrogens with two attached hydrogens (primary N) is 1. The fourth-order valence-electron chi connectivity index (χ4n) is 1.36. The molecule has 0 saturated carbocycles. The van der Waals surface area contributed by atoms with Crippen molar-refractivity contribution in [3.8, 4) is 11.8 Å². The van der Waals surface area contributed by atoms with Gasteiger partial charge in [0.05, 0.1) is 12.7 Å². The molecular weight excluding hydrogens is 214 g/mol. The van der Waals surface area contributed by atoms with Crippen LogP contribution < -0.4 is 15.8 Å². The SMILES string of the molecule is CC(CN)Nc1cccc(OCCCC#N)c1. The summed E-state index contributed by atoms with van der Waals surface area (Å²) >= 11 is 0. The van der Waals surface area contributed by atoms with Crippen LogP contribution >= 0.6 is 0 Å². The van der Waals surface area contributed by atoms with E-state index in [1.165, 1.54) is 0 Å². The molecule has 4 heteroatoms. The molecule has 0 saturated heterocycles. The van der Waals surface area contributed by atoms with Gasteiger partial charge in [-0.15, -0.1) is 0 Å². The van der Waals surface area contributed by atoms with Crippen LogP contribution in [0.1, 0.15) is 19.8 Å². The monoisotopic (exact) mass is 233 g/mol. The van der Waals surface area contributed by atoms with Crippen LogP contribution in [0, 0.1) is 11.3 Å². The van der Waals surface area contributed by atoms with Crippen LogP contribution in [-0.4, -0.2) is 19.2 Å². The van der Waals surface area contributed by atoms with E-state index in [4.69, 9.17) is 15.7 Å². The second kappa shape index (κ2) is 7.53. The van der Waals surface area contributed by atoms with Gasteiger partial charge >= 0.3 is 0 Å². The lowest BCUT2D eigenvalue weighted by atomic mass is 10.2. The van der Waals surface area contributed by atoms with Gasteiger partial charge in [-0.1, -0.05) is 6.07 Å². The first kappa shape index (κ1) is 13.3. The minimum absolute atomic E-state index is 0.240. The molecule has 1 atom stereocenters. The summed E-state index contributed by atoms with van der Waals surface area (Å²) in [7, 11) is 0. The third-order valence-electron chi connectivity index (χ3n) is 2.30. The van der Waals surface area contributed by atoms with E-state index in [1.807, 2.05) is 31.2 Å². The standard InChI is InChI=1S/C13H19N3O/c1-11(10-15)16-12-5-4-6-13(9-12)17-8-3-2-7-14/h4-6,9,11,16H,2-3,8,10,15H2,1H3. The summed E-state index contributed by atoms with van der Waals surface area (Å²) in [6.45, 7) is 3.19. The number of ether oxygens (including phenoxy) is 1. The molecule has 0 heterocycles. The summed E-state index contributed by atoms with van der Waals surface area (Å²) in [5, 5.41) is 11.7. The number of unbranched alkanes of at least 4 members (excludes halogenated alkanes) is 1. The smallest absolute Gasteiger partial charge is 0.121 e. The van der Waals surface area contributed by atoms with E-state index in [-0.39, 0.29) is 6.04 Å². The van der Waals surface area contributed by atoms with E-state index in [9.17, 15) is 0 Å². The number of nitriles is 1. The van der Waals surface area contributed by atoms with E-state index in [0.717, 1.165) is 17.9 Å². The van der Waals surface area contributed by atoms with Gasteiger partial charge in [-0.25, -0.2) is 0 Å². The van der Waals surface area contributed by atoms with Gasteiger partial charge in [0.1, 0.15) is 5.75 Å². The first-order valence-corrected chi connectivity index (χ1v) is 5.82. The van der Waals surface area contributed by atoms with Crippen molar-refractivity contribution in [2.24, 2.45) is 5.73 Å². The molecule has 92 valence electrons. The zero-order chi connectivity index (χ0) is 12.5. The summed E-state index contributed by atoms with van der Waals surface area (Å²) in [5.74, 6) is 0.817. The maximum atomic E-state index is 8.41. The van der Waals surface area contributed by atoms with Crippen LogP contribution in [0.3, 0.4) is 0 Å². The van der Waals surface area contributed by atoms with Crippen LogP contribution in [0.15, 0.2) is 24.3 Å². The van der Waals surface area contributed by atoms with Crippen molar-refractivity contribution in [2.75, 3.05) is 18.5 Å². The van der Waals surface area contributed by atoms with Gasteiger partial charge in [0, 0.05) is 30.8 Å². The van der Waals surface area contributed by atoms with Crippen molar-refractivity contribution in [2.45, 2.75) is 25.8 Å². The number of hydrogen-bond acceptors (Lipinski definition) is 4. The topological polar surface area (TPSA) is 71.1 Å². The minimum atomic E-state index is 0.240. The number of hydrogen-bond donors (Lipinski definition) is 2. The van der Waals surface area contributed by atoms with Crippen LogP contribution in [0.4, 0.5) is 5.69 Å². The molecule has 1 rings (SSSR count). The predicted molar refractivity (Wildman–Crippen MR) is 68.9 cm³/mol. The Labute approximate surface area is 102 Å². The molecule has 0 aromatic heterocycles. The summed E-state index contributed by atoms with van der Waals surface area (Å²) in [5.41, 5.74) is 6.55. The van der Waals surface area contributed by atoms with E-state index in [0.29, 0.717) is 19.6 Å². The Kier molecular flexibility index (Phi) is 5.91. The van der Waals surface area contributed by atoms with E-state index >= 15 is 0 Å². The molecule has 1 aromatic rings. The van der Waals surface area contributed by atoms with E-state index in [2.05, 4.69) is 11.4 Å². The first-order valence-electron chi connectivity index (χ1n) is 5.82.